The maximum absolute atomic E-state index is 12.6. The summed E-state index contributed by atoms with van der Waals surface area (Å²) in [6.07, 6.45) is 0.997. The second-order valence-corrected chi connectivity index (χ2v) is 8.25. The van der Waals surface area contributed by atoms with Crippen LogP contribution in [-0.4, -0.2) is 31.5 Å². The molecule has 0 heterocycles. The Morgan fingerprint density at radius 3 is 2.33 bits per heavy atom. The van der Waals surface area contributed by atoms with Crippen molar-refractivity contribution in [3.05, 3.63) is 63.2 Å². The van der Waals surface area contributed by atoms with Crippen LogP contribution in [0, 0.1) is 17.0 Å². The first kappa shape index (κ1) is 20.7. The van der Waals surface area contributed by atoms with Crippen molar-refractivity contribution in [2.45, 2.75) is 19.9 Å². The molecule has 27 heavy (non-hydrogen) atoms. The zero-order chi connectivity index (χ0) is 20.4. The Morgan fingerprint density at radius 2 is 1.81 bits per heavy atom. The van der Waals surface area contributed by atoms with Gasteiger partial charge in [-0.3, -0.25) is 19.2 Å². The van der Waals surface area contributed by atoms with E-state index >= 15 is 0 Å². The van der Waals surface area contributed by atoms with Gasteiger partial charge < -0.3 is 5.32 Å². The van der Waals surface area contributed by atoms with Crippen LogP contribution in [0.25, 0.3) is 0 Å². The predicted octanol–water partition coefficient (Wildman–Crippen LogP) is 3.35. The molecule has 0 aliphatic rings. The fourth-order valence-electron chi connectivity index (χ4n) is 2.46. The van der Waals surface area contributed by atoms with E-state index in [4.69, 9.17) is 11.6 Å². The van der Waals surface area contributed by atoms with E-state index in [1.165, 1.54) is 19.1 Å². The van der Waals surface area contributed by atoms with Gasteiger partial charge in [0.2, 0.25) is 15.9 Å². The molecule has 0 unspecified atom stereocenters. The van der Waals surface area contributed by atoms with Gasteiger partial charge >= 0.3 is 0 Å². The molecule has 8 nitrogen and oxygen atoms in total. The summed E-state index contributed by atoms with van der Waals surface area (Å²) in [5.41, 5.74) is 1.05. The third kappa shape index (κ3) is 4.95. The molecular formula is C17H18ClN3O5S. The Hall–Kier alpha value is -2.65. The van der Waals surface area contributed by atoms with Crippen molar-refractivity contribution in [1.29, 1.82) is 0 Å². The van der Waals surface area contributed by atoms with Crippen LogP contribution in [0.3, 0.4) is 0 Å². The molecule has 0 saturated heterocycles. The Kier molecular flexibility index (Phi) is 6.07. The number of nitrogens with zero attached hydrogens (tertiary/aromatic N) is 2. The molecule has 2 rings (SSSR count). The first-order valence-electron chi connectivity index (χ1n) is 7.81. The lowest BCUT2D eigenvalue weighted by Crippen LogP contribution is -2.45. The summed E-state index contributed by atoms with van der Waals surface area (Å²) in [5, 5.41) is 13.5. The van der Waals surface area contributed by atoms with E-state index in [1.54, 1.807) is 24.3 Å². The average Bonchev–Trinajstić information content (AvgIpc) is 2.57. The van der Waals surface area contributed by atoms with E-state index in [1.807, 2.05) is 6.92 Å². The van der Waals surface area contributed by atoms with Crippen molar-refractivity contribution in [1.82, 2.24) is 0 Å². The number of sulfonamides is 1. The van der Waals surface area contributed by atoms with Crippen LogP contribution >= 0.6 is 11.6 Å². The van der Waals surface area contributed by atoms with Crippen LogP contribution in [0.4, 0.5) is 17.1 Å². The summed E-state index contributed by atoms with van der Waals surface area (Å²) in [7, 11) is -3.77. The van der Waals surface area contributed by atoms with Crippen LogP contribution in [0.1, 0.15) is 12.5 Å². The third-order valence-electron chi connectivity index (χ3n) is 3.80. The number of halogens is 1. The second kappa shape index (κ2) is 7.93. The Balaban J connectivity index is 2.34. The predicted molar refractivity (Wildman–Crippen MR) is 105 cm³/mol. The molecule has 1 amide bonds. The highest BCUT2D eigenvalue weighted by molar-refractivity contribution is 7.92. The lowest BCUT2D eigenvalue weighted by molar-refractivity contribution is -0.384. The van der Waals surface area contributed by atoms with Crippen LogP contribution in [0.15, 0.2) is 42.5 Å². The number of non-ortho nitro benzene ring substituents is 1. The monoisotopic (exact) mass is 411 g/mol. The number of carbonyl (C=O) groups is 1. The largest absolute Gasteiger partial charge is 0.323 e. The Morgan fingerprint density at radius 1 is 1.22 bits per heavy atom. The molecule has 0 spiro atoms. The molecular weight excluding hydrogens is 394 g/mol. The van der Waals surface area contributed by atoms with Crippen LogP contribution in [-0.2, 0) is 14.8 Å². The maximum atomic E-state index is 12.6. The highest BCUT2D eigenvalue weighted by Crippen LogP contribution is 2.28. The van der Waals surface area contributed by atoms with Gasteiger partial charge in [0, 0.05) is 12.1 Å². The van der Waals surface area contributed by atoms with Crippen LogP contribution in [0.5, 0.6) is 0 Å². The minimum atomic E-state index is -3.77. The molecule has 2 aromatic carbocycles. The molecule has 0 aliphatic carbocycles. The summed E-state index contributed by atoms with van der Waals surface area (Å²) in [5.74, 6) is -0.677. The normalized spacial score (nSPS) is 12.3. The fourth-order valence-corrected chi connectivity index (χ4v) is 3.80. The Labute approximate surface area is 162 Å². The summed E-state index contributed by atoms with van der Waals surface area (Å²) in [6.45, 7) is 3.27. The van der Waals surface area contributed by atoms with Crippen molar-refractivity contribution < 1.29 is 18.1 Å². The highest BCUT2D eigenvalue weighted by atomic mass is 35.5. The third-order valence-corrected chi connectivity index (χ3v) is 5.37. The van der Waals surface area contributed by atoms with Gasteiger partial charge in [-0.05, 0) is 32.0 Å². The molecule has 0 fully saturated rings. The zero-order valence-electron chi connectivity index (χ0n) is 14.8. The Bertz CT molecular complexity index is 977. The molecule has 0 bridgehead atoms. The number of benzene rings is 2. The number of hydrogen-bond donors (Lipinski definition) is 1. The topological polar surface area (TPSA) is 110 Å². The van der Waals surface area contributed by atoms with Crippen LogP contribution in [0.2, 0.25) is 5.02 Å². The van der Waals surface area contributed by atoms with Crippen molar-refractivity contribution in [3.63, 3.8) is 0 Å². The number of rotatable bonds is 6. The quantitative estimate of drug-likeness (QED) is 0.579. The average molecular weight is 412 g/mol. The van der Waals surface area contributed by atoms with E-state index in [-0.39, 0.29) is 16.4 Å². The smallest absolute Gasteiger partial charge is 0.271 e. The molecule has 2 aromatic rings. The van der Waals surface area contributed by atoms with E-state index in [2.05, 4.69) is 5.32 Å². The lowest BCUT2D eigenvalue weighted by Gasteiger charge is -2.28. The summed E-state index contributed by atoms with van der Waals surface area (Å²) in [6, 6.07) is 9.15. The number of aryl methyl sites for hydroxylation is 1. The lowest BCUT2D eigenvalue weighted by atomic mass is 10.2. The molecule has 0 saturated carbocycles. The van der Waals surface area contributed by atoms with Crippen LogP contribution < -0.4 is 9.62 Å². The minimum absolute atomic E-state index is 0.0278. The summed E-state index contributed by atoms with van der Waals surface area (Å²) >= 11 is 5.98. The second-order valence-electron chi connectivity index (χ2n) is 5.98. The first-order valence-corrected chi connectivity index (χ1v) is 10.0. The number of nitro groups is 1. The number of anilines is 2. The molecule has 144 valence electrons. The van der Waals surface area contributed by atoms with E-state index < -0.39 is 26.9 Å². The van der Waals surface area contributed by atoms with Gasteiger partial charge in [0.05, 0.1) is 27.6 Å². The highest BCUT2D eigenvalue weighted by Gasteiger charge is 2.29. The molecule has 0 aliphatic heterocycles. The van der Waals surface area contributed by atoms with Gasteiger partial charge in [-0.15, -0.1) is 0 Å². The van der Waals surface area contributed by atoms with E-state index in [0.717, 1.165) is 22.2 Å². The van der Waals surface area contributed by atoms with Gasteiger partial charge in [-0.1, -0.05) is 29.3 Å². The van der Waals surface area contributed by atoms with Gasteiger partial charge in [0.15, 0.2) is 0 Å². The molecule has 0 aromatic heterocycles. The SMILES string of the molecule is Cc1ccc(N([C@@H](C)C(=O)Nc2cc([N+](=O)[O-])ccc2Cl)S(C)(=O)=O)cc1. The van der Waals surface area contributed by atoms with Crippen molar-refractivity contribution >= 4 is 44.6 Å². The fraction of sp³-hybridized carbons (Fsp3) is 0.235. The molecule has 0 radical (unpaired) electrons. The maximum Gasteiger partial charge on any atom is 0.271 e. The molecule has 10 heteroatoms. The molecule has 1 atom stereocenters. The van der Waals surface area contributed by atoms with Crippen molar-refractivity contribution in [2.24, 2.45) is 0 Å². The van der Waals surface area contributed by atoms with Gasteiger partial charge in [0.1, 0.15) is 6.04 Å². The number of amides is 1. The number of hydrogen-bond acceptors (Lipinski definition) is 5. The number of nitrogens with one attached hydrogen (secondary N) is 1. The van der Waals surface area contributed by atoms with Crippen molar-refractivity contribution in [3.8, 4) is 0 Å². The zero-order valence-corrected chi connectivity index (χ0v) is 16.4. The van der Waals surface area contributed by atoms with E-state index in [0.29, 0.717) is 5.69 Å². The van der Waals surface area contributed by atoms with Gasteiger partial charge in [-0.25, -0.2) is 8.42 Å². The van der Waals surface area contributed by atoms with Crippen molar-refractivity contribution in [2.75, 3.05) is 15.9 Å². The molecule has 1 N–H and O–H groups in total. The summed E-state index contributed by atoms with van der Waals surface area (Å²) < 4.78 is 25.5. The van der Waals surface area contributed by atoms with Gasteiger partial charge in [0.25, 0.3) is 5.69 Å². The standard InChI is InChI=1S/C17H18ClN3O5S/c1-11-4-6-13(7-5-11)20(27(3,25)26)12(2)17(22)19-16-10-14(21(23)24)8-9-15(16)18/h4-10,12H,1-3H3,(H,19,22)/t12-/m0/s1. The van der Waals surface area contributed by atoms with Gasteiger partial charge in [-0.2, -0.15) is 0 Å². The number of carbonyl (C=O) groups excluding carboxylic acids is 1. The minimum Gasteiger partial charge on any atom is -0.323 e. The van der Waals surface area contributed by atoms with E-state index in [9.17, 15) is 23.3 Å². The number of nitro benzene ring substituents is 1. The summed E-state index contributed by atoms with van der Waals surface area (Å²) in [4.78, 5) is 22.9. The first-order chi connectivity index (χ1) is 12.5.